The van der Waals surface area contributed by atoms with Crippen molar-refractivity contribution in [1.82, 2.24) is 0 Å². The molecule has 0 saturated carbocycles. The summed E-state index contributed by atoms with van der Waals surface area (Å²) in [5, 5.41) is 12.9. The third-order valence-electron chi connectivity index (χ3n) is 6.01. The second-order valence-electron chi connectivity index (χ2n) is 8.82. The summed E-state index contributed by atoms with van der Waals surface area (Å²) in [4.78, 5) is 0. The second kappa shape index (κ2) is 7.11. The lowest BCUT2D eigenvalue weighted by Crippen LogP contribution is -2.68. The molecule has 1 N–H and O–H groups in total. The summed E-state index contributed by atoms with van der Waals surface area (Å²) in [7, 11) is 3.29. The lowest BCUT2D eigenvalue weighted by molar-refractivity contribution is -0.134. The molecule has 2 aromatic rings. The molecule has 0 unspecified atom stereocenters. The molecule has 2 heterocycles. The number of ether oxygens (including phenoxy) is 2. The van der Waals surface area contributed by atoms with Crippen LogP contribution in [0.4, 0.5) is 0 Å². The van der Waals surface area contributed by atoms with Crippen LogP contribution < -0.4 is 10.4 Å². The molecule has 2 aliphatic heterocycles. The van der Waals surface area contributed by atoms with Crippen LogP contribution in [-0.4, -0.2) is 58.3 Å². The van der Waals surface area contributed by atoms with Crippen molar-refractivity contribution in [3.05, 3.63) is 60.7 Å². The number of hydrogen-bond donors (Lipinski definition) is 1. The molecule has 4 rings (SSSR count). The van der Waals surface area contributed by atoms with Crippen LogP contribution in [0.2, 0.25) is 5.04 Å². The van der Waals surface area contributed by atoms with E-state index in [9.17, 15) is 5.11 Å². The van der Waals surface area contributed by atoms with Crippen LogP contribution in [-0.2, 0) is 13.9 Å². The predicted molar refractivity (Wildman–Crippen MR) is 113 cm³/mol. The Morgan fingerprint density at radius 1 is 1.07 bits per heavy atom. The monoisotopic (exact) mass is 394 g/mol. The summed E-state index contributed by atoms with van der Waals surface area (Å²) in [6.45, 7) is 7.21. The van der Waals surface area contributed by atoms with E-state index in [1.165, 1.54) is 10.4 Å². The number of aliphatic hydroxyl groups is 1. The van der Waals surface area contributed by atoms with Gasteiger partial charge in [-0.3, -0.25) is 0 Å². The highest BCUT2D eigenvalue weighted by Gasteiger charge is 2.61. The zero-order chi connectivity index (χ0) is 20.0. The first-order valence-electron chi connectivity index (χ1n) is 9.78. The third-order valence-corrected chi connectivity index (χ3v) is 11.0. The van der Waals surface area contributed by atoms with E-state index in [-0.39, 0.29) is 11.6 Å². The van der Waals surface area contributed by atoms with Gasteiger partial charge in [-0.05, 0) is 15.4 Å². The fraction of sp³-hybridized carbons (Fsp3) is 0.455. The first kappa shape index (κ1) is 19.9. The number of benzene rings is 2. The Balaban J connectivity index is 1.78. The van der Waals surface area contributed by atoms with Crippen molar-refractivity contribution >= 4 is 26.5 Å². The summed E-state index contributed by atoms with van der Waals surface area (Å²) in [5.41, 5.74) is -0.906. The molecular formula is C22H27BO4Si. The van der Waals surface area contributed by atoms with Crippen LogP contribution in [0.15, 0.2) is 60.7 Å². The Hall–Kier alpha value is -1.44. The van der Waals surface area contributed by atoms with E-state index in [4.69, 9.17) is 21.7 Å². The quantitative estimate of drug-likeness (QED) is 0.783. The van der Waals surface area contributed by atoms with Crippen LogP contribution in [0, 0.1) is 0 Å². The number of rotatable bonds is 5. The molecular weight excluding hydrogens is 367 g/mol. The van der Waals surface area contributed by atoms with E-state index in [1.54, 1.807) is 0 Å². The summed E-state index contributed by atoms with van der Waals surface area (Å²) in [6.07, 6.45) is -1.26. The van der Waals surface area contributed by atoms with E-state index in [0.717, 1.165) is 0 Å². The Morgan fingerprint density at radius 3 is 2.00 bits per heavy atom. The molecule has 2 radical (unpaired) electrons. The lowest BCUT2D eigenvalue weighted by atomic mass is 9.92. The van der Waals surface area contributed by atoms with Gasteiger partial charge in [0.15, 0.2) is 0 Å². The molecule has 2 aliphatic rings. The standard InChI is InChI=1S/C22H27BO4Si/c1-21(2,3)28(16-10-6-4-7-11-16,17-12-8-5-9-13-17)26-15-22-14-25-18(19(22)24)20(23)27-22/h4-13,18-20,24H,14-15H2,1-3H3/t18-,19+,20-,22-/m1/s1. The van der Waals surface area contributed by atoms with E-state index in [0.29, 0.717) is 6.61 Å². The zero-order valence-electron chi connectivity index (χ0n) is 16.7. The summed E-state index contributed by atoms with van der Waals surface area (Å²) in [6, 6.07) is 20.2. The number of hydrogen-bond acceptors (Lipinski definition) is 4. The van der Waals surface area contributed by atoms with Gasteiger partial charge in [-0.15, -0.1) is 0 Å². The highest BCUT2D eigenvalue weighted by Crippen LogP contribution is 2.42. The van der Waals surface area contributed by atoms with Crippen molar-refractivity contribution in [1.29, 1.82) is 0 Å². The van der Waals surface area contributed by atoms with E-state index in [2.05, 4.69) is 69.3 Å². The first-order chi connectivity index (χ1) is 13.3. The minimum atomic E-state index is -2.70. The maximum absolute atomic E-state index is 10.7. The molecule has 0 aromatic heterocycles. The predicted octanol–water partition coefficient (Wildman–Crippen LogP) is 1.59. The van der Waals surface area contributed by atoms with Crippen LogP contribution in [0.5, 0.6) is 0 Å². The molecule has 2 bridgehead atoms. The van der Waals surface area contributed by atoms with Gasteiger partial charge < -0.3 is 19.0 Å². The summed E-state index contributed by atoms with van der Waals surface area (Å²) in [5.74, 6) is 0. The van der Waals surface area contributed by atoms with Crippen molar-refractivity contribution in [2.24, 2.45) is 0 Å². The van der Waals surface area contributed by atoms with Gasteiger partial charge >= 0.3 is 0 Å². The molecule has 4 atom stereocenters. The molecule has 6 heteroatoms. The minimum Gasteiger partial charge on any atom is -0.404 e. The number of aliphatic hydroxyl groups excluding tert-OH is 1. The Morgan fingerprint density at radius 2 is 1.61 bits per heavy atom. The highest BCUT2D eigenvalue weighted by atomic mass is 28.4. The van der Waals surface area contributed by atoms with Crippen LogP contribution in [0.25, 0.3) is 0 Å². The lowest BCUT2D eigenvalue weighted by Gasteiger charge is -2.45. The summed E-state index contributed by atoms with van der Waals surface area (Å²) >= 11 is 0. The average molecular weight is 394 g/mol. The van der Waals surface area contributed by atoms with Crippen molar-refractivity contribution in [3.63, 3.8) is 0 Å². The van der Waals surface area contributed by atoms with Crippen LogP contribution in [0.1, 0.15) is 20.8 Å². The molecule has 2 saturated heterocycles. The summed E-state index contributed by atoms with van der Waals surface area (Å²) < 4.78 is 18.5. The smallest absolute Gasteiger partial charge is 0.261 e. The fourth-order valence-electron chi connectivity index (χ4n) is 4.58. The van der Waals surface area contributed by atoms with Crippen LogP contribution >= 0.6 is 0 Å². The first-order valence-corrected chi connectivity index (χ1v) is 11.7. The molecule has 146 valence electrons. The van der Waals surface area contributed by atoms with Gasteiger partial charge in [0.2, 0.25) is 0 Å². The van der Waals surface area contributed by atoms with E-state index < -0.39 is 32.1 Å². The fourth-order valence-corrected chi connectivity index (χ4v) is 9.20. The van der Waals surface area contributed by atoms with E-state index in [1.807, 2.05) is 12.1 Å². The third kappa shape index (κ3) is 2.99. The maximum Gasteiger partial charge on any atom is 0.261 e. The molecule has 4 nitrogen and oxygen atoms in total. The van der Waals surface area contributed by atoms with E-state index >= 15 is 0 Å². The van der Waals surface area contributed by atoms with Crippen molar-refractivity contribution < 1.29 is 19.0 Å². The zero-order valence-corrected chi connectivity index (χ0v) is 17.7. The molecule has 0 amide bonds. The van der Waals surface area contributed by atoms with Crippen molar-refractivity contribution in [2.45, 2.75) is 49.6 Å². The molecule has 0 spiro atoms. The van der Waals surface area contributed by atoms with Crippen molar-refractivity contribution in [3.8, 4) is 0 Å². The topological polar surface area (TPSA) is 47.9 Å². The number of fused-ring (bicyclic) bond motifs is 2. The molecule has 2 fully saturated rings. The van der Waals surface area contributed by atoms with Gasteiger partial charge in [0.1, 0.15) is 25.7 Å². The Labute approximate surface area is 169 Å². The maximum atomic E-state index is 10.7. The van der Waals surface area contributed by atoms with Gasteiger partial charge in [-0.25, -0.2) is 0 Å². The minimum absolute atomic E-state index is 0.142. The van der Waals surface area contributed by atoms with Gasteiger partial charge in [0, 0.05) is 6.00 Å². The second-order valence-corrected chi connectivity index (χ2v) is 13.1. The van der Waals surface area contributed by atoms with Crippen LogP contribution in [0.3, 0.4) is 0 Å². The molecule has 0 aliphatic carbocycles. The van der Waals surface area contributed by atoms with Gasteiger partial charge in [-0.2, -0.15) is 0 Å². The van der Waals surface area contributed by atoms with Gasteiger partial charge in [0.25, 0.3) is 8.32 Å². The average Bonchev–Trinajstić information content (AvgIpc) is 3.11. The van der Waals surface area contributed by atoms with Gasteiger partial charge in [0.05, 0.1) is 13.2 Å². The molecule has 28 heavy (non-hydrogen) atoms. The Bertz CT molecular complexity index is 771. The molecule has 2 aromatic carbocycles. The van der Waals surface area contributed by atoms with Gasteiger partial charge in [-0.1, -0.05) is 81.4 Å². The van der Waals surface area contributed by atoms with Crippen molar-refractivity contribution in [2.75, 3.05) is 13.2 Å². The SMILES string of the molecule is [B][C@@H]1O[C@@]2(CO[Si](c3ccccc3)(c3ccccc3)C(C)(C)C)CO[C@@H]1[C@@H]2O. The Kier molecular flexibility index (Phi) is 5.05. The normalized spacial score (nSPS) is 29.9. The highest BCUT2D eigenvalue weighted by molar-refractivity contribution is 6.99. The largest absolute Gasteiger partial charge is 0.404 e.